The highest BCUT2D eigenvalue weighted by Gasteiger charge is 2.41. The van der Waals surface area contributed by atoms with E-state index in [1.165, 1.54) is 11.1 Å². The number of hydrogen-bond acceptors (Lipinski definition) is 6. The van der Waals surface area contributed by atoms with Crippen LogP contribution in [0, 0.1) is 18.8 Å². The summed E-state index contributed by atoms with van der Waals surface area (Å²) in [6.45, 7) is 14.4. The molecule has 2 saturated carbocycles. The molecule has 1 N–H and O–H groups in total. The molecule has 8 nitrogen and oxygen atoms in total. The minimum Gasteiger partial charge on any atom is -0.496 e. The van der Waals surface area contributed by atoms with E-state index in [0.717, 1.165) is 74.9 Å². The van der Waals surface area contributed by atoms with Gasteiger partial charge in [-0.05, 0) is 123 Å². The van der Waals surface area contributed by atoms with Crippen LogP contribution < -0.4 is 9.64 Å². The molecule has 1 aromatic heterocycles. The van der Waals surface area contributed by atoms with Gasteiger partial charge in [-0.15, -0.1) is 10.2 Å². The standard InChI is InChI=1S/C35H51N5O3Si/c1-24-21-28(17-20-32(24)42-5)26-13-11-25(12-14-26)23-40(30-10-8-9-29(22-30)33-36-38-39-37-33)34(41)27-15-18-31(19-16-27)43-44(6,7)35(2,3)4/h8-10,17,20-22,25-27,31H,11-16,18-19,23H2,1-7H3,(H,36,37,38,39). The highest BCUT2D eigenvalue weighted by molar-refractivity contribution is 6.74. The van der Waals surface area contributed by atoms with Gasteiger partial charge >= 0.3 is 0 Å². The first-order chi connectivity index (χ1) is 20.9. The molecule has 0 bridgehead atoms. The normalized spacial score (nSPS) is 22.9. The van der Waals surface area contributed by atoms with E-state index in [9.17, 15) is 4.79 Å². The lowest BCUT2D eigenvalue weighted by atomic mass is 9.78. The Labute approximate surface area is 264 Å². The molecule has 0 radical (unpaired) electrons. The molecule has 3 aromatic rings. The van der Waals surface area contributed by atoms with E-state index in [1.807, 2.05) is 18.2 Å². The average Bonchev–Trinajstić information content (AvgIpc) is 3.55. The van der Waals surface area contributed by atoms with Crippen LogP contribution in [-0.4, -0.2) is 54.6 Å². The van der Waals surface area contributed by atoms with Crippen LogP contribution >= 0.6 is 0 Å². The number of rotatable bonds is 9. The number of aryl methyl sites for hydroxylation is 1. The Morgan fingerprint density at radius 3 is 2.34 bits per heavy atom. The van der Waals surface area contributed by atoms with Crippen molar-refractivity contribution >= 4 is 19.9 Å². The fourth-order valence-corrected chi connectivity index (χ4v) is 8.18. The zero-order valence-corrected chi connectivity index (χ0v) is 28.7. The monoisotopic (exact) mass is 617 g/mol. The maximum absolute atomic E-state index is 14.3. The molecule has 2 aliphatic carbocycles. The molecule has 0 spiro atoms. The quantitative estimate of drug-likeness (QED) is 0.244. The molecular weight excluding hydrogens is 567 g/mol. The number of H-pyrrole nitrogens is 1. The van der Waals surface area contributed by atoms with Crippen molar-refractivity contribution in [1.29, 1.82) is 0 Å². The van der Waals surface area contributed by atoms with Crippen LogP contribution in [0.4, 0.5) is 5.69 Å². The fraction of sp³-hybridized carbons (Fsp3) is 0.600. The summed E-state index contributed by atoms with van der Waals surface area (Å²) < 4.78 is 12.2. The number of benzene rings is 2. The minimum atomic E-state index is -1.84. The van der Waals surface area contributed by atoms with E-state index in [4.69, 9.17) is 9.16 Å². The number of nitrogens with zero attached hydrogens (tertiary/aromatic N) is 4. The Bertz CT molecular complexity index is 1390. The Morgan fingerprint density at radius 1 is 1.00 bits per heavy atom. The first-order valence-corrected chi connectivity index (χ1v) is 19.3. The maximum Gasteiger partial charge on any atom is 0.230 e. The van der Waals surface area contributed by atoms with Crippen LogP contribution in [0.5, 0.6) is 5.75 Å². The van der Waals surface area contributed by atoms with Crippen molar-refractivity contribution in [2.75, 3.05) is 18.6 Å². The predicted octanol–water partition coefficient (Wildman–Crippen LogP) is 8.07. The molecule has 9 heteroatoms. The molecule has 2 fully saturated rings. The van der Waals surface area contributed by atoms with Gasteiger partial charge in [-0.25, -0.2) is 0 Å². The molecule has 1 heterocycles. The number of carbonyl (C=O) groups is 1. The van der Waals surface area contributed by atoms with Crippen molar-refractivity contribution in [2.24, 2.45) is 11.8 Å². The Kier molecular flexibility index (Phi) is 9.95. The third kappa shape index (κ3) is 7.42. The van der Waals surface area contributed by atoms with Crippen molar-refractivity contribution in [3.05, 3.63) is 53.6 Å². The number of amides is 1. The van der Waals surface area contributed by atoms with E-state index in [1.54, 1.807) is 7.11 Å². The van der Waals surface area contributed by atoms with Gasteiger partial charge in [-0.2, -0.15) is 5.21 Å². The maximum atomic E-state index is 14.3. The van der Waals surface area contributed by atoms with Crippen molar-refractivity contribution < 1.29 is 14.0 Å². The number of tetrazole rings is 1. The van der Waals surface area contributed by atoms with Crippen LogP contribution in [0.1, 0.15) is 89.2 Å². The number of nitrogens with one attached hydrogen (secondary N) is 1. The van der Waals surface area contributed by atoms with Gasteiger partial charge in [0, 0.05) is 29.8 Å². The van der Waals surface area contributed by atoms with Gasteiger partial charge < -0.3 is 14.1 Å². The van der Waals surface area contributed by atoms with Gasteiger partial charge in [0.25, 0.3) is 0 Å². The summed E-state index contributed by atoms with van der Waals surface area (Å²) in [4.78, 5) is 16.4. The molecule has 0 atom stereocenters. The second-order valence-electron chi connectivity index (χ2n) is 14.5. The third-order valence-electron chi connectivity index (χ3n) is 10.5. The Hall–Kier alpha value is -3.04. The summed E-state index contributed by atoms with van der Waals surface area (Å²) in [6.07, 6.45) is 8.40. The summed E-state index contributed by atoms with van der Waals surface area (Å²) in [7, 11) is -0.109. The van der Waals surface area contributed by atoms with Gasteiger partial charge in [-0.1, -0.05) is 45.0 Å². The number of methoxy groups -OCH3 is 1. The fourth-order valence-electron chi connectivity index (χ4n) is 6.75. The molecule has 2 aliphatic rings. The lowest BCUT2D eigenvalue weighted by Gasteiger charge is -2.41. The van der Waals surface area contributed by atoms with Gasteiger partial charge in [0.05, 0.1) is 7.11 Å². The van der Waals surface area contributed by atoms with Crippen LogP contribution in [0.3, 0.4) is 0 Å². The summed E-state index contributed by atoms with van der Waals surface area (Å²) >= 11 is 0. The van der Waals surface area contributed by atoms with Crippen molar-refractivity contribution in [1.82, 2.24) is 20.6 Å². The van der Waals surface area contributed by atoms with Crippen LogP contribution in [0.15, 0.2) is 42.5 Å². The number of aromatic amines is 1. The zero-order chi connectivity index (χ0) is 31.5. The van der Waals surface area contributed by atoms with E-state index < -0.39 is 8.32 Å². The highest BCUT2D eigenvalue weighted by atomic mass is 28.4. The van der Waals surface area contributed by atoms with E-state index in [-0.39, 0.29) is 23.0 Å². The predicted molar refractivity (Wildman–Crippen MR) is 178 cm³/mol. The Morgan fingerprint density at radius 2 is 1.73 bits per heavy atom. The summed E-state index contributed by atoms with van der Waals surface area (Å²) in [5, 5.41) is 14.8. The Balaban J connectivity index is 1.29. The molecule has 0 unspecified atom stereocenters. The second-order valence-corrected chi connectivity index (χ2v) is 19.3. The number of aromatic nitrogens is 4. The average molecular weight is 618 g/mol. The number of carbonyl (C=O) groups excluding carboxylic acids is 1. The zero-order valence-electron chi connectivity index (χ0n) is 27.7. The molecule has 0 aliphatic heterocycles. The van der Waals surface area contributed by atoms with E-state index in [0.29, 0.717) is 17.7 Å². The second kappa shape index (κ2) is 13.5. The first-order valence-electron chi connectivity index (χ1n) is 16.4. The van der Waals surface area contributed by atoms with Crippen LogP contribution in [-0.2, 0) is 9.22 Å². The SMILES string of the molecule is COc1ccc(C2CCC(CN(C(=O)C3CCC(O[Si](C)(C)C(C)(C)C)CC3)c3cccc(-c4nn[nH]n4)c3)CC2)cc1C. The van der Waals surface area contributed by atoms with E-state index in [2.05, 4.69) is 90.6 Å². The molecule has 0 saturated heterocycles. The highest BCUT2D eigenvalue weighted by Crippen LogP contribution is 2.41. The molecule has 238 valence electrons. The van der Waals surface area contributed by atoms with E-state index >= 15 is 0 Å². The van der Waals surface area contributed by atoms with Gasteiger partial charge in [0.1, 0.15) is 5.75 Å². The third-order valence-corrected chi connectivity index (χ3v) is 15.0. The lowest BCUT2D eigenvalue weighted by molar-refractivity contribution is -0.124. The molecular formula is C35H51N5O3Si. The molecule has 1 amide bonds. The van der Waals surface area contributed by atoms with Gasteiger partial charge in [-0.3, -0.25) is 4.79 Å². The topological polar surface area (TPSA) is 93.2 Å². The summed E-state index contributed by atoms with van der Waals surface area (Å²) in [5.41, 5.74) is 4.37. The molecule has 44 heavy (non-hydrogen) atoms. The number of anilines is 1. The smallest absolute Gasteiger partial charge is 0.230 e. The van der Waals surface area contributed by atoms with Crippen molar-refractivity contribution in [2.45, 2.75) is 109 Å². The summed E-state index contributed by atoms with van der Waals surface area (Å²) in [5.74, 6) is 2.76. The van der Waals surface area contributed by atoms with Crippen LogP contribution in [0.25, 0.3) is 11.4 Å². The van der Waals surface area contributed by atoms with Crippen molar-refractivity contribution in [3.63, 3.8) is 0 Å². The largest absolute Gasteiger partial charge is 0.496 e. The minimum absolute atomic E-state index is 0.0155. The number of ether oxygens (including phenoxy) is 1. The van der Waals surface area contributed by atoms with Gasteiger partial charge in [0.2, 0.25) is 11.7 Å². The lowest BCUT2D eigenvalue weighted by Crippen LogP contribution is -2.46. The van der Waals surface area contributed by atoms with Gasteiger partial charge in [0.15, 0.2) is 8.32 Å². The summed E-state index contributed by atoms with van der Waals surface area (Å²) in [6, 6.07) is 14.7. The molecule has 2 aromatic carbocycles. The molecule has 5 rings (SSSR count). The van der Waals surface area contributed by atoms with Crippen molar-refractivity contribution in [3.8, 4) is 17.1 Å². The van der Waals surface area contributed by atoms with Crippen LogP contribution in [0.2, 0.25) is 18.1 Å². The number of hydrogen-bond donors (Lipinski definition) is 1. The first kappa shape index (κ1) is 32.4.